The topological polar surface area (TPSA) is 170 Å². The smallest absolute Gasteiger partial charge is 0.316 e. The van der Waals surface area contributed by atoms with Crippen LogP contribution in [-0.4, -0.2) is 139 Å². The van der Waals surface area contributed by atoms with Gasteiger partial charge in [-0.15, -0.1) is 0 Å². The molecule has 64 heavy (non-hydrogen) atoms. The van der Waals surface area contributed by atoms with Gasteiger partial charge in [0.05, 0.1) is 49.3 Å². The van der Waals surface area contributed by atoms with E-state index in [0.29, 0.717) is 49.2 Å². The van der Waals surface area contributed by atoms with Crippen molar-refractivity contribution in [3.05, 3.63) is 59.3 Å². The molecule has 358 valence electrons. The van der Waals surface area contributed by atoms with E-state index in [2.05, 4.69) is 32.9 Å². The van der Waals surface area contributed by atoms with Crippen molar-refractivity contribution in [2.75, 3.05) is 20.8 Å². The summed E-state index contributed by atoms with van der Waals surface area (Å²) in [6, 6.07) is 0. The quantitative estimate of drug-likeness (QED) is 0.204. The monoisotopic (exact) mass is 899 g/mol. The van der Waals surface area contributed by atoms with Crippen LogP contribution >= 0.6 is 0 Å². The highest BCUT2D eigenvalue weighted by molar-refractivity contribution is 5.78. The number of hydrogen-bond donors (Lipinski definition) is 3. The van der Waals surface area contributed by atoms with Crippen LogP contribution in [-0.2, 0) is 52.2 Å². The first kappa shape index (κ1) is 48.2. The van der Waals surface area contributed by atoms with Crippen molar-refractivity contribution in [1.82, 2.24) is 0 Å². The van der Waals surface area contributed by atoms with E-state index < -0.39 is 90.8 Å². The van der Waals surface area contributed by atoms with Gasteiger partial charge in [-0.2, -0.15) is 0 Å². The van der Waals surface area contributed by atoms with Gasteiger partial charge in [-0.3, -0.25) is 4.79 Å². The first-order valence-corrected chi connectivity index (χ1v) is 24.0. The maximum Gasteiger partial charge on any atom is 0.316 e. The van der Waals surface area contributed by atoms with E-state index >= 15 is 0 Å². The highest BCUT2D eigenvalue weighted by Gasteiger charge is 2.60. The van der Waals surface area contributed by atoms with Gasteiger partial charge in [0.25, 0.3) is 0 Å². The lowest BCUT2D eigenvalue weighted by Gasteiger charge is -2.49. The standard InChI is InChI=1S/C50H74O14/c1-27-13-12-16-34-26-57-47-42(51)30(4)21-37(50(34,47)54)48(53)60-36-22-35(63-49(25-36)20-19-29(3)45(64-49)33-14-10-9-11-15-33)18-17-28(2)44(27)61-41-24-39(56-8)46(32(6)59-41)62-40-23-38(55-7)43(52)31(5)58-40/h12-13,16-17,19-21,27,29,31-33,35-47,51-52,54H,9-11,14-15,18,22-26H2,1-8H3/b13-12+,28-17+,34-16+/t27-,29-,31-,32-,35+,36-,37-,38-,39?,40-,41-,42+,43-,44?,45-,46-,47+,49?,50+/m0/s1. The second-order valence-corrected chi connectivity index (χ2v) is 20.0. The number of hydrogen-bond acceptors (Lipinski definition) is 14. The molecule has 1 saturated carbocycles. The third-order valence-corrected chi connectivity index (χ3v) is 15.4. The minimum atomic E-state index is -1.83. The van der Waals surface area contributed by atoms with Crippen LogP contribution in [0.4, 0.5) is 0 Å². The Hall–Kier alpha value is -2.31. The molecule has 3 N–H and O–H groups in total. The zero-order valence-electron chi connectivity index (χ0n) is 39.0. The van der Waals surface area contributed by atoms with Gasteiger partial charge in [-0.1, -0.05) is 69.6 Å². The Morgan fingerprint density at radius 2 is 1.53 bits per heavy atom. The molecule has 0 radical (unpaired) electrons. The number of esters is 1. The highest BCUT2D eigenvalue weighted by Crippen LogP contribution is 2.48. The zero-order valence-corrected chi connectivity index (χ0v) is 39.0. The van der Waals surface area contributed by atoms with Crippen molar-refractivity contribution in [2.24, 2.45) is 23.7 Å². The van der Waals surface area contributed by atoms with Crippen LogP contribution in [0.2, 0.25) is 0 Å². The first-order chi connectivity index (χ1) is 30.6. The second-order valence-electron chi connectivity index (χ2n) is 20.0. The Kier molecular flexibility index (Phi) is 15.1. The average Bonchev–Trinajstić information content (AvgIpc) is 3.62. The fourth-order valence-electron chi connectivity index (χ4n) is 11.7. The van der Waals surface area contributed by atoms with Crippen LogP contribution in [0.15, 0.2) is 59.3 Å². The summed E-state index contributed by atoms with van der Waals surface area (Å²) in [4.78, 5) is 14.4. The molecule has 19 atom stereocenters. The number of allylic oxidation sites excluding steroid dienone is 2. The molecule has 14 heteroatoms. The normalized spacial score (nSPS) is 49.2. The van der Waals surface area contributed by atoms with Crippen LogP contribution < -0.4 is 0 Å². The van der Waals surface area contributed by atoms with Gasteiger partial charge in [-0.25, -0.2) is 0 Å². The Morgan fingerprint density at radius 3 is 2.28 bits per heavy atom. The molecule has 14 nitrogen and oxygen atoms in total. The molecular weight excluding hydrogens is 825 g/mol. The molecule has 5 fully saturated rings. The summed E-state index contributed by atoms with van der Waals surface area (Å²) >= 11 is 0. The summed E-state index contributed by atoms with van der Waals surface area (Å²) in [7, 11) is 3.23. The van der Waals surface area contributed by atoms with E-state index in [1.165, 1.54) is 19.3 Å². The van der Waals surface area contributed by atoms with E-state index in [9.17, 15) is 20.1 Å². The Balaban J connectivity index is 1.08. The maximum atomic E-state index is 14.4. The molecular formula is C50H74O14. The Labute approximate surface area is 379 Å². The van der Waals surface area contributed by atoms with Gasteiger partial charge in [0.2, 0.25) is 0 Å². The predicted octanol–water partition coefficient (Wildman–Crippen LogP) is 5.91. The number of aliphatic hydroxyl groups excluding tert-OH is 2. The summed E-state index contributed by atoms with van der Waals surface area (Å²) in [6.07, 6.45) is 13.8. The van der Waals surface area contributed by atoms with Crippen molar-refractivity contribution in [3.8, 4) is 0 Å². The molecule has 3 unspecified atom stereocenters. The lowest BCUT2D eigenvalue weighted by Crippen LogP contribution is -2.58. The summed E-state index contributed by atoms with van der Waals surface area (Å²) in [5.41, 5.74) is 0.166. The molecule has 8 aliphatic rings. The summed E-state index contributed by atoms with van der Waals surface area (Å²) in [5, 5.41) is 34.3. The molecule has 2 aliphatic carbocycles. The van der Waals surface area contributed by atoms with Crippen molar-refractivity contribution in [1.29, 1.82) is 0 Å². The van der Waals surface area contributed by atoms with E-state index in [1.807, 2.05) is 25.2 Å². The number of carbonyl (C=O) groups is 1. The van der Waals surface area contributed by atoms with Gasteiger partial charge in [0, 0.05) is 51.7 Å². The summed E-state index contributed by atoms with van der Waals surface area (Å²) < 4.78 is 64.1. The molecule has 0 aromatic carbocycles. The van der Waals surface area contributed by atoms with Crippen LogP contribution in [0.1, 0.15) is 106 Å². The van der Waals surface area contributed by atoms with Crippen LogP contribution in [0, 0.1) is 23.7 Å². The second kappa shape index (κ2) is 20.1. The Bertz CT molecular complexity index is 1790. The van der Waals surface area contributed by atoms with Crippen molar-refractivity contribution in [2.45, 2.75) is 203 Å². The van der Waals surface area contributed by atoms with E-state index in [4.69, 9.17) is 47.4 Å². The largest absolute Gasteiger partial charge is 0.462 e. The Morgan fingerprint density at radius 1 is 0.812 bits per heavy atom. The number of rotatable bonds is 7. The lowest BCUT2D eigenvalue weighted by atomic mass is 9.71. The van der Waals surface area contributed by atoms with Crippen molar-refractivity contribution in [3.63, 3.8) is 0 Å². The molecule has 8 rings (SSSR count). The third kappa shape index (κ3) is 9.82. The fourth-order valence-corrected chi connectivity index (χ4v) is 11.7. The van der Waals surface area contributed by atoms with Crippen molar-refractivity contribution >= 4 is 5.97 Å². The molecule has 6 heterocycles. The number of fused-ring (bicyclic) bond motifs is 2. The molecule has 0 amide bonds. The van der Waals surface area contributed by atoms with E-state index in [0.717, 1.165) is 18.4 Å². The number of methoxy groups -OCH3 is 2. The maximum absolute atomic E-state index is 14.4. The molecule has 0 aromatic heterocycles. The molecule has 2 bridgehead atoms. The highest BCUT2D eigenvalue weighted by atomic mass is 16.7. The van der Waals surface area contributed by atoms with Gasteiger partial charge in [0.1, 0.15) is 42.0 Å². The molecule has 1 spiro atoms. The summed E-state index contributed by atoms with van der Waals surface area (Å²) in [6.45, 7) is 11.9. The van der Waals surface area contributed by atoms with Gasteiger partial charge in [-0.05, 0) is 75.7 Å². The lowest BCUT2D eigenvalue weighted by molar-refractivity contribution is -0.318. The average molecular weight is 899 g/mol. The van der Waals surface area contributed by atoms with Gasteiger partial charge >= 0.3 is 5.97 Å². The predicted molar refractivity (Wildman–Crippen MR) is 234 cm³/mol. The van der Waals surface area contributed by atoms with Crippen LogP contribution in [0.3, 0.4) is 0 Å². The van der Waals surface area contributed by atoms with E-state index in [-0.39, 0.29) is 36.8 Å². The SMILES string of the molecule is COC1C[C@H](OC2/C(C)=C/C[C@@H]3C[C@@H](CC4(C=C[C@H](C)[C@@H](C5CCCCC5)O4)O3)OC(=O)[C@@H]3C=C(C)[C@@H](O)[C@H]4OC/C(=C\C=C\[C@@H]2C)[C@]43O)O[C@@H](C)[C@@H]1O[C@H]1C[C@H](OC)[C@@H](O)[C@H](C)O1. The number of aliphatic hydroxyl groups is 3. The van der Waals surface area contributed by atoms with Crippen LogP contribution in [0.25, 0.3) is 0 Å². The first-order valence-electron chi connectivity index (χ1n) is 24.0. The fraction of sp³-hybridized carbons (Fsp3) is 0.780. The molecule has 4 saturated heterocycles. The van der Waals surface area contributed by atoms with Crippen LogP contribution in [0.5, 0.6) is 0 Å². The van der Waals surface area contributed by atoms with E-state index in [1.54, 1.807) is 40.2 Å². The third-order valence-electron chi connectivity index (χ3n) is 15.4. The minimum Gasteiger partial charge on any atom is -0.462 e. The number of ether oxygens (including phenoxy) is 10. The zero-order chi connectivity index (χ0) is 45.5. The summed E-state index contributed by atoms with van der Waals surface area (Å²) in [5.74, 6) is -2.32. The molecule has 0 aromatic rings. The van der Waals surface area contributed by atoms with Gasteiger partial charge < -0.3 is 62.7 Å². The minimum absolute atomic E-state index is 0.0242. The van der Waals surface area contributed by atoms with Crippen molar-refractivity contribution < 1.29 is 67.5 Å². The van der Waals surface area contributed by atoms with Gasteiger partial charge in [0.15, 0.2) is 18.4 Å². The molecule has 6 aliphatic heterocycles. The number of carbonyl (C=O) groups excluding carboxylic acids is 1.